The highest BCUT2D eigenvalue weighted by Crippen LogP contribution is 2.33. The van der Waals surface area contributed by atoms with Crippen molar-refractivity contribution in [2.75, 3.05) is 24.7 Å². The van der Waals surface area contributed by atoms with Crippen molar-refractivity contribution in [3.63, 3.8) is 0 Å². The Labute approximate surface area is 194 Å². The molecule has 0 saturated carbocycles. The Balaban J connectivity index is 2.20. The highest BCUT2D eigenvalue weighted by atomic mass is 16.5. The van der Waals surface area contributed by atoms with E-state index in [1.54, 1.807) is 23.1 Å². The number of ketones is 1. The Bertz CT molecular complexity index is 1050. The fourth-order valence-corrected chi connectivity index (χ4v) is 3.33. The van der Waals surface area contributed by atoms with Gasteiger partial charge in [0.1, 0.15) is 23.7 Å². The molecule has 2 aromatic carbocycles. The van der Waals surface area contributed by atoms with Crippen LogP contribution in [0.2, 0.25) is 0 Å². The maximum Gasteiger partial charge on any atom is 0.342 e. The SMILES string of the molecule is C=CCOC(=O)c1ccc(OCC(=O)c2ccc(N(CC)C(C)=O)c(C(C)(C)C)c2)cc1O. The number of phenols is 1. The second-order valence-electron chi connectivity index (χ2n) is 8.52. The van der Waals surface area contributed by atoms with Crippen LogP contribution in [0.25, 0.3) is 0 Å². The van der Waals surface area contributed by atoms with E-state index >= 15 is 0 Å². The topological polar surface area (TPSA) is 93.1 Å². The van der Waals surface area contributed by atoms with Gasteiger partial charge in [-0.15, -0.1) is 0 Å². The van der Waals surface area contributed by atoms with Crippen molar-refractivity contribution < 1.29 is 29.0 Å². The van der Waals surface area contributed by atoms with E-state index in [1.165, 1.54) is 31.2 Å². The second kappa shape index (κ2) is 10.8. The van der Waals surface area contributed by atoms with E-state index in [0.29, 0.717) is 12.1 Å². The Hall–Kier alpha value is -3.61. The third-order valence-electron chi connectivity index (χ3n) is 5.00. The quantitative estimate of drug-likeness (QED) is 0.337. The summed E-state index contributed by atoms with van der Waals surface area (Å²) in [6.07, 6.45) is 1.43. The molecule has 0 aromatic heterocycles. The predicted octanol–water partition coefficient (Wildman–Crippen LogP) is 4.67. The molecule has 1 amide bonds. The minimum Gasteiger partial charge on any atom is -0.507 e. The monoisotopic (exact) mass is 453 g/mol. The number of amides is 1. The van der Waals surface area contributed by atoms with Crippen LogP contribution in [0.15, 0.2) is 49.1 Å². The predicted molar refractivity (Wildman–Crippen MR) is 127 cm³/mol. The maximum atomic E-state index is 12.8. The number of ether oxygens (including phenoxy) is 2. The van der Waals surface area contributed by atoms with Crippen molar-refractivity contribution in [3.05, 3.63) is 65.7 Å². The molecule has 7 nitrogen and oxygen atoms in total. The summed E-state index contributed by atoms with van der Waals surface area (Å²) >= 11 is 0. The Kier molecular flexibility index (Phi) is 8.40. The number of hydrogen-bond acceptors (Lipinski definition) is 6. The van der Waals surface area contributed by atoms with Gasteiger partial charge < -0.3 is 19.5 Å². The lowest BCUT2D eigenvalue weighted by molar-refractivity contribution is -0.116. The van der Waals surface area contributed by atoms with Crippen molar-refractivity contribution in [1.82, 2.24) is 0 Å². The first kappa shape index (κ1) is 25.6. The fourth-order valence-electron chi connectivity index (χ4n) is 3.33. The number of aromatic hydroxyl groups is 1. The van der Waals surface area contributed by atoms with E-state index in [-0.39, 0.29) is 47.4 Å². The average Bonchev–Trinajstić information content (AvgIpc) is 2.75. The van der Waals surface area contributed by atoms with Gasteiger partial charge in [-0.2, -0.15) is 0 Å². The third-order valence-corrected chi connectivity index (χ3v) is 5.00. The summed E-state index contributed by atoms with van der Waals surface area (Å²) < 4.78 is 10.4. The summed E-state index contributed by atoms with van der Waals surface area (Å²) in [7, 11) is 0. The van der Waals surface area contributed by atoms with Gasteiger partial charge in [-0.1, -0.05) is 33.4 Å². The Morgan fingerprint density at radius 2 is 1.82 bits per heavy atom. The molecule has 0 saturated heterocycles. The Morgan fingerprint density at radius 1 is 1.12 bits per heavy atom. The first-order valence-corrected chi connectivity index (χ1v) is 10.7. The number of hydrogen-bond donors (Lipinski definition) is 1. The van der Waals surface area contributed by atoms with Gasteiger partial charge in [-0.3, -0.25) is 9.59 Å². The summed E-state index contributed by atoms with van der Waals surface area (Å²) in [5.74, 6) is -1.08. The smallest absolute Gasteiger partial charge is 0.342 e. The standard InChI is InChI=1S/C26H31NO6/c1-7-13-32-25(31)20-11-10-19(15-23(20)29)33-16-24(30)18-9-12-22(27(8-2)17(3)28)21(14-18)26(4,5)6/h7,9-12,14-15,29H,1,8,13,16H2,2-6H3. The molecule has 0 unspecified atom stereocenters. The molecule has 0 fully saturated rings. The number of esters is 1. The van der Waals surface area contributed by atoms with Gasteiger partial charge in [0.15, 0.2) is 12.4 Å². The van der Waals surface area contributed by atoms with E-state index in [2.05, 4.69) is 6.58 Å². The molecule has 2 rings (SSSR count). The van der Waals surface area contributed by atoms with E-state index in [0.717, 1.165) is 11.3 Å². The van der Waals surface area contributed by atoms with Crippen molar-refractivity contribution in [1.29, 1.82) is 0 Å². The fraction of sp³-hybridized carbons (Fsp3) is 0.346. The van der Waals surface area contributed by atoms with E-state index in [9.17, 15) is 19.5 Å². The van der Waals surface area contributed by atoms with Gasteiger partial charge in [0.05, 0.1) is 0 Å². The van der Waals surface area contributed by atoms with Gasteiger partial charge in [-0.05, 0) is 48.2 Å². The summed E-state index contributed by atoms with van der Waals surface area (Å²) in [6, 6.07) is 9.36. The third kappa shape index (κ3) is 6.44. The minimum atomic E-state index is -0.684. The van der Waals surface area contributed by atoms with Crippen LogP contribution in [-0.4, -0.2) is 42.5 Å². The van der Waals surface area contributed by atoms with Crippen molar-refractivity contribution in [2.24, 2.45) is 0 Å². The van der Waals surface area contributed by atoms with Crippen LogP contribution >= 0.6 is 0 Å². The van der Waals surface area contributed by atoms with Crippen LogP contribution < -0.4 is 9.64 Å². The molecular weight excluding hydrogens is 422 g/mol. The number of Topliss-reactive ketones (excluding diaryl/α,β-unsaturated/α-hetero) is 1. The second-order valence-corrected chi connectivity index (χ2v) is 8.52. The normalized spacial score (nSPS) is 10.9. The van der Waals surface area contributed by atoms with Crippen molar-refractivity contribution >= 4 is 23.3 Å². The van der Waals surface area contributed by atoms with Crippen LogP contribution in [0.1, 0.15) is 60.9 Å². The highest BCUT2D eigenvalue weighted by molar-refractivity contribution is 5.99. The molecule has 0 radical (unpaired) electrons. The van der Waals surface area contributed by atoms with E-state index in [1.807, 2.05) is 27.7 Å². The molecule has 0 spiro atoms. The number of rotatable bonds is 9. The van der Waals surface area contributed by atoms with Crippen LogP contribution in [0.4, 0.5) is 5.69 Å². The molecule has 0 bridgehead atoms. The number of nitrogens with zero attached hydrogens (tertiary/aromatic N) is 1. The van der Waals surface area contributed by atoms with Crippen molar-refractivity contribution in [3.8, 4) is 11.5 Å². The van der Waals surface area contributed by atoms with Gasteiger partial charge in [0, 0.05) is 30.8 Å². The van der Waals surface area contributed by atoms with Crippen LogP contribution in [0.5, 0.6) is 11.5 Å². The largest absolute Gasteiger partial charge is 0.507 e. The van der Waals surface area contributed by atoms with Gasteiger partial charge in [-0.25, -0.2) is 4.79 Å². The molecule has 1 N–H and O–H groups in total. The molecule has 0 aliphatic rings. The summed E-state index contributed by atoms with van der Waals surface area (Å²) in [5, 5.41) is 10.1. The molecular formula is C26H31NO6. The average molecular weight is 454 g/mol. The Morgan fingerprint density at radius 3 is 2.36 bits per heavy atom. The lowest BCUT2D eigenvalue weighted by Crippen LogP contribution is -2.31. The lowest BCUT2D eigenvalue weighted by atomic mass is 9.84. The zero-order valence-corrected chi connectivity index (χ0v) is 19.8. The van der Waals surface area contributed by atoms with Crippen LogP contribution in [0, 0.1) is 0 Å². The minimum absolute atomic E-state index is 0.00751. The molecule has 0 aliphatic heterocycles. The van der Waals surface area contributed by atoms with E-state index < -0.39 is 5.97 Å². The number of benzene rings is 2. The highest BCUT2D eigenvalue weighted by Gasteiger charge is 2.24. The molecule has 33 heavy (non-hydrogen) atoms. The van der Waals surface area contributed by atoms with E-state index in [4.69, 9.17) is 9.47 Å². The molecule has 0 heterocycles. The lowest BCUT2D eigenvalue weighted by Gasteiger charge is -2.29. The number of anilines is 1. The number of carbonyl (C=O) groups excluding carboxylic acids is 3. The number of phenolic OH excluding ortho intramolecular Hbond substituents is 1. The molecule has 176 valence electrons. The molecule has 0 atom stereocenters. The first-order chi connectivity index (χ1) is 15.5. The molecule has 2 aromatic rings. The summed E-state index contributed by atoms with van der Waals surface area (Å²) in [4.78, 5) is 38.4. The maximum absolute atomic E-state index is 12.8. The van der Waals surface area contributed by atoms with Crippen molar-refractivity contribution in [2.45, 2.75) is 40.0 Å². The van der Waals surface area contributed by atoms with Crippen LogP contribution in [-0.2, 0) is 14.9 Å². The van der Waals surface area contributed by atoms with Gasteiger partial charge >= 0.3 is 5.97 Å². The molecule has 0 aliphatic carbocycles. The number of carbonyl (C=O) groups is 3. The first-order valence-electron chi connectivity index (χ1n) is 10.7. The zero-order valence-electron chi connectivity index (χ0n) is 19.8. The zero-order chi connectivity index (χ0) is 24.8. The summed E-state index contributed by atoms with van der Waals surface area (Å²) in [5.41, 5.74) is 1.81. The van der Waals surface area contributed by atoms with Gasteiger partial charge in [0.2, 0.25) is 5.91 Å². The van der Waals surface area contributed by atoms with Crippen LogP contribution in [0.3, 0.4) is 0 Å². The summed E-state index contributed by atoms with van der Waals surface area (Å²) in [6.45, 7) is 13.2. The molecule has 7 heteroatoms. The van der Waals surface area contributed by atoms with Gasteiger partial charge in [0.25, 0.3) is 0 Å².